The van der Waals surface area contributed by atoms with Gasteiger partial charge in [-0.1, -0.05) is 123 Å². The van der Waals surface area contributed by atoms with Crippen molar-refractivity contribution in [1.29, 1.82) is 0 Å². The van der Waals surface area contributed by atoms with E-state index >= 15 is 0 Å². The average molecular weight is 746 g/mol. The molecule has 2 aromatic heterocycles. The van der Waals surface area contributed by atoms with Crippen molar-refractivity contribution < 1.29 is 0 Å². The summed E-state index contributed by atoms with van der Waals surface area (Å²) < 4.78 is 2.63. The third-order valence-electron chi connectivity index (χ3n) is 12.8. The SMILES string of the molecule is CC1CC=Cc2c1sc1c2NC(c2ccc3sc4ccccc4c3c2)=NC1c1ccc(N2C3=CC4=CC=CCC4(C)C=C3C3C=CC=CC32)c2ccccc12. The minimum absolute atomic E-state index is 0.0329. The number of allylic oxidation sites excluding steroid dienone is 10. The fourth-order valence-electron chi connectivity index (χ4n) is 10.0. The fourth-order valence-corrected chi connectivity index (χ4v) is 12.5. The van der Waals surface area contributed by atoms with Crippen LogP contribution in [0.4, 0.5) is 11.4 Å². The molecule has 4 aromatic carbocycles. The number of nitrogens with zero attached hydrogens (tertiary/aromatic N) is 2. The molecule has 0 bridgehead atoms. The topological polar surface area (TPSA) is 27.6 Å². The molecule has 55 heavy (non-hydrogen) atoms. The summed E-state index contributed by atoms with van der Waals surface area (Å²) in [6.45, 7) is 4.76. The molecular weight excluding hydrogens is 707 g/mol. The highest BCUT2D eigenvalue weighted by Crippen LogP contribution is 2.55. The molecule has 0 saturated carbocycles. The first-order chi connectivity index (χ1) is 27.0. The highest BCUT2D eigenvalue weighted by Gasteiger charge is 2.45. The molecule has 5 atom stereocenters. The van der Waals surface area contributed by atoms with Crippen molar-refractivity contribution in [3.63, 3.8) is 0 Å². The molecule has 0 spiro atoms. The minimum atomic E-state index is -0.135. The summed E-state index contributed by atoms with van der Waals surface area (Å²) in [4.78, 5) is 11.1. The predicted octanol–water partition coefficient (Wildman–Crippen LogP) is 13.4. The molecule has 0 amide bonds. The summed E-state index contributed by atoms with van der Waals surface area (Å²) in [6, 6.07) is 29.6. The second-order valence-electron chi connectivity index (χ2n) is 16.1. The molecule has 6 aliphatic rings. The van der Waals surface area contributed by atoms with Gasteiger partial charge in [-0.25, -0.2) is 0 Å². The quantitative estimate of drug-likeness (QED) is 0.195. The van der Waals surface area contributed by atoms with Gasteiger partial charge in [0.05, 0.1) is 16.6 Å². The first-order valence-corrected chi connectivity index (χ1v) is 21.2. The van der Waals surface area contributed by atoms with Gasteiger partial charge in [0, 0.05) is 64.3 Å². The van der Waals surface area contributed by atoms with E-state index in [-0.39, 0.29) is 17.5 Å². The van der Waals surface area contributed by atoms with Crippen molar-refractivity contribution in [1.82, 2.24) is 0 Å². The zero-order chi connectivity index (χ0) is 36.4. The predicted molar refractivity (Wildman–Crippen MR) is 236 cm³/mol. The Morgan fingerprint density at radius 3 is 2.58 bits per heavy atom. The van der Waals surface area contributed by atoms with Crippen LogP contribution in [0.25, 0.3) is 37.0 Å². The van der Waals surface area contributed by atoms with Gasteiger partial charge < -0.3 is 10.2 Å². The summed E-state index contributed by atoms with van der Waals surface area (Å²) >= 11 is 3.82. The number of hydrogen-bond donors (Lipinski definition) is 1. The fraction of sp³-hybridized carbons (Fsp3) is 0.180. The number of nitrogens with one attached hydrogen (secondary N) is 1. The average Bonchev–Trinajstić information content (AvgIpc) is 3.89. The molecular formula is C50H39N3S2. The maximum atomic E-state index is 5.69. The smallest absolute Gasteiger partial charge is 0.133 e. The molecule has 0 radical (unpaired) electrons. The number of benzene rings is 4. The van der Waals surface area contributed by atoms with Crippen molar-refractivity contribution in [2.75, 3.05) is 10.2 Å². The molecule has 266 valence electrons. The molecule has 12 rings (SSSR count). The number of rotatable bonds is 3. The van der Waals surface area contributed by atoms with Gasteiger partial charge in [0.15, 0.2) is 0 Å². The Balaban J connectivity index is 1.04. The molecule has 1 saturated heterocycles. The Bertz CT molecular complexity index is 2920. The highest BCUT2D eigenvalue weighted by molar-refractivity contribution is 7.25. The summed E-state index contributed by atoms with van der Waals surface area (Å²) in [5, 5.41) is 9.04. The van der Waals surface area contributed by atoms with Crippen LogP contribution in [0.15, 0.2) is 161 Å². The normalized spacial score (nSPS) is 25.8. The summed E-state index contributed by atoms with van der Waals surface area (Å²) in [5.41, 5.74) is 10.4. The van der Waals surface area contributed by atoms with Crippen LogP contribution in [-0.4, -0.2) is 11.9 Å². The van der Waals surface area contributed by atoms with E-state index in [0.717, 1.165) is 24.2 Å². The number of aliphatic imine (C=N–C) groups is 1. The lowest BCUT2D eigenvalue weighted by Crippen LogP contribution is -2.31. The largest absolute Gasteiger partial charge is 0.339 e. The van der Waals surface area contributed by atoms with Crippen LogP contribution in [-0.2, 0) is 0 Å². The Morgan fingerprint density at radius 2 is 1.65 bits per heavy atom. The van der Waals surface area contributed by atoms with Crippen LogP contribution in [0.2, 0.25) is 0 Å². The van der Waals surface area contributed by atoms with Gasteiger partial charge in [-0.15, -0.1) is 22.7 Å². The first kappa shape index (κ1) is 31.8. The van der Waals surface area contributed by atoms with E-state index in [0.29, 0.717) is 11.8 Å². The van der Waals surface area contributed by atoms with Gasteiger partial charge in [-0.05, 0) is 77.3 Å². The lowest BCUT2D eigenvalue weighted by Gasteiger charge is -2.35. The van der Waals surface area contributed by atoms with Crippen molar-refractivity contribution in [2.45, 2.75) is 44.7 Å². The van der Waals surface area contributed by atoms with E-state index in [1.807, 2.05) is 22.7 Å². The van der Waals surface area contributed by atoms with Crippen LogP contribution >= 0.6 is 22.7 Å². The van der Waals surface area contributed by atoms with Crippen molar-refractivity contribution in [2.24, 2.45) is 16.3 Å². The second-order valence-corrected chi connectivity index (χ2v) is 18.3. The minimum Gasteiger partial charge on any atom is -0.339 e. The Morgan fingerprint density at radius 1 is 0.818 bits per heavy atom. The van der Waals surface area contributed by atoms with E-state index in [9.17, 15) is 0 Å². The molecule has 5 heteroatoms. The molecule has 1 fully saturated rings. The van der Waals surface area contributed by atoms with E-state index < -0.39 is 0 Å². The van der Waals surface area contributed by atoms with E-state index in [1.54, 1.807) is 0 Å². The standard InChI is InChI=1S/C50H39N3S2/c1-29-12-11-18-37-46-48(55-47(29)37)45(51-49(52-46)30-21-24-44-38(26-30)35-17-6-8-20-43(35)54-44)36-22-23-41(33-15-4-3-14-32(33)36)53-40-19-7-5-16-34(40)39-28-50(2)25-10-9-13-31(50)27-42(39)53/h3-11,13-24,26-29,34,40,45H,12,25H2,1-2H3,(H,51,52). The van der Waals surface area contributed by atoms with Crippen LogP contribution < -0.4 is 10.2 Å². The van der Waals surface area contributed by atoms with Gasteiger partial charge >= 0.3 is 0 Å². The molecule has 2 aliphatic heterocycles. The summed E-state index contributed by atoms with van der Waals surface area (Å²) in [6.07, 6.45) is 28.0. The maximum Gasteiger partial charge on any atom is 0.133 e. The zero-order valence-corrected chi connectivity index (χ0v) is 32.4. The van der Waals surface area contributed by atoms with Gasteiger partial charge in [0.25, 0.3) is 0 Å². The zero-order valence-electron chi connectivity index (χ0n) is 30.8. The van der Waals surface area contributed by atoms with Gasteiger partial charge in [-0.2, -0.15) is 0 Å². The van der Waals surface area contributed by atoms with Crippen molar-refractivity contribution in [3.8, 4) is 0 Å². The first-order valence-electron chi connectivity index (χ1n) is 19.6. The molecule has 5 unspecified atom stereocenters. The molecule has 1 N–H and O–H groups in total. The Labute approximate surface area is 329 Å². The lowest BCUT2D eigenvalue weighted by molar-refractivity contribution is 0.517. The molecule has 6 aromatic rings. The van der Waals surface area contributed by atoms with E-state index in [2.05, 4.69) is 170 Å². The number of fused-ring (bicyclic) bond motifs is 11. The summed E-state index contributed by atoms with van der Waals surface area (Å²) in [7, 11) is 0. The van der Waals surface area contributed by atoms with E-state index in [1.165, 1.54) is 80.0 Å². The third kappa shape index (κ3) is 4.63. The van der Waals surface area contributed by atoms with E-state index in [4.69, 9.17) is 4.99 Å². The molecule has 3 nitrogen and oxygen atoms in total. The molecule has 4 heterocycles. The van der Waals surface area contributed by atoms with Gasteiger partial charge in [0.2, 0.25) is 0 Å². The van der Waals surface area contributed by atoms with Crippen LogP contribution in [0.3, 0.4) is 0 Å². The van der Waals surface area contributed by atoms with Gasteiger partial charge in [0.1, 0.15) is 11.9 Å². The number of hydrogen-bond acceptors (Lipinski definition) is 5. The van der Waals surface area contributed by atoms with Crippen molar-refractivity contribution >= 4 is 76.9 Å². The van der Waals surface area contributed by atoms with Crippen LogP contribution in [0.5, 0.6) is 0 Å². The highest BCUT2D eigenvalue weighted by atomic mass is 32.1. The second kappa shape index (κ2) is 11.8. The number of anilines is 2. The maximum absolute atomic E-state index is 5.69. The Kier molecular flexibility index (Phi) is 6.80. The summed E-state index contributed by atoms with van der Waals surface area (Å²) in [5.74, 6) is 1.75. The number of thiophene rings is 2. The van der Waals surface area contributed by atoms with Gasteiger partial charge in [-0.3, -0.25) is 4.99 Å². The van der Waals surface area contributed by atoms with Crippen LogP contribution in [0, 0.1) is 11.3 Å². The lowest BCUT2D eigenvalue weighted by atomic mass is 9.70. The Hall–Kier alpha value is -5.49. The molecule has 4 aliphatic carbocycles. The van der Waals surface area contributed by atoms with Crippen molar-refractivity contribution in [3.05, 3.63) is 183 Å². The monoisotopic (exact) mass is 745 g/mol. The number of amidine groups is 1. The third-order valence-corrected chi connectivity index (χ3v) is 15.5. The van der Waals surface area contributed by atoms with Crippen LogP contribution in [0.1, 0.15) is 65.1 Å².